The zero-order valence-electron chi connectivity index (χ0n) is 15.4. The van der Waals surface area contributed by atoms with Crippen molar-refractivity contribution >= 4 is 33.5 Å². The predicted octanol–water partition coefficient (Wildman–Crippen LogP) is 5.01. The monoisotopic (exact) mass is 468 g/mol. The minimum Gasteiger partial charge on any atom is -0.490 e. The first-order valence-electron chi connectivity index (χ1n) is 9.25. The van der Waals surface area contributed by atoms with Crippen molar-refractivity contribution in [2.75, 3.05) is 13.2 Å². The van der Waals surface area contributed by atoms with Gasteiger partial charge in [-0.25, -0.2) is 4.98 Å². The molecule has 5 rings (SSSR count). The Balaban J connectivity index is 1.38. The number of fused-ring (bicyclic) bond motifs is 2. The summed E-state index contributed by atoms with van der Waals surface area (Å²) in [6.45, 7) is 1.38. The van der Waals surface area contributed by atoms with E-state index in [0.29, 0.717) is 24.1 Å². The Morgan fingerprint density at radius 3 is 2.69 bits per heavy atom. The highest BCUT2D eigenvalue weighted by molar-refractivity contribution is 9.10. The van der Waals surface area contributed by atoms with Gasteiger partial charge in [-0.05, 0) is 35.9 Å². The summed E-state index contributed by atoms with van der Waals surface area (Å²) in [6, 6.07) is 16.1. The molecule has 0 fully saturated rings. The molecule has 0 aliphatic carbocycles. The number of hydrogen-bond donors (Lipinski definition) is 0. The number of hydrogen-bond acceptors (Lipinski definition) is 6. The van der Waals surface area contributed by atoms with E-state index in [1.54, 1.807) is 22.5 Å². The van der Waals surface area contributed by atoms with Gasteiger partial charge in [-0.15, -0.1) is 5.10 Å². The van der Waals surface area contributed by atoms with Gasteiger partial charge in [0.15, 0.2) is 11.5 Å². The Labute approximate surface area is 180 Å². The molecule has 0 unspecified atom stereocenters. The Morgan fingerprint density at radius 1 is 1.00 bits per heavy atom. The van der Waals surface area contributed by atoms with Crippen molar-refractivity contribution in [2.24, 2.45) is 0 Å². The van der Waals surface area contributed by atoms with E-state index in [0.717, 1.165) is 45.0 Å². The van der Waals surface area contributed by atoms with E-state index in [-0.39, 0.29) is 0 Å². The second kappa shape index (κ2) is 8.04. The normalized spacial score (nSPS) is 13.4. The molecular weight excluding hydrogens is 452 g/mol. The van der Waals surface area contributed by atoms with Gasteiger partial charge in [-0.1, -0.05) is 45.9 Å². The highest BCUT2D eigenvalue weighted by atomic mass is 79.9. The number of thioether (sulfide) groups is 1. The summed E-state index contributed by atoms with van der Waals surface area (Å²) < 4.78 is 14.3. The predicted molar refractivity (Wildman–Crippen MR) is 116 cm³/mol. The highest BCUT2D eigenvalue weighted by Gasteiger charge is 2.13. The second-order valence-corrected chi connectivity index (χ2v) is 8.42. The molecule has 0 N–H and O–H groups in total. The summed E-state index contributed by atoms with van der Waals surface area (Å²) in [5, 5.41) is 5.36. The van der Waals surface area contributed by atoms with E-state index in [1.807, 2.05) is 42.5 Å². The maximum absolute atomic E-state index is 5.78. The first kappa shape index (κ1) is 18.4. The molecule has 8 heteroatoms. The van der Waals surface area contributed by atoms with Crippen LogP contribution in [0, 0.1) is 0 Å². The molecule has 1 aliphatic rings. The van der Waals surface area contributed by atoms with Crippen LogP contribution in [0.15, 0.2) is 64.4 Å². The van der Waals surface area contributed by atoms with Gasteiger partial charge >= 0.3 is 0 Å². The van der Waals surface area contributed by atoms with E-state index in [9.17, 15) is 0 Å². The first-order valence-corrected chi connectivity index (χ1v) is 11.0. The van der Waals surface area contributed by atoms with Crippen molar-refractivity contribution in [1.29, 1.82) is 0 Å². The highest BCUT2D eigenvalue weighted by Crippen LogP contribution is 2.32. The summed E-state index contributed by atoms with van der Waals surface area (Å²) in [4.78, 5) is 8.93. The molecule has 146 valence electrons. The molecule has 6 nitrogen and oxygen atoms in total. The summed E-state index contributed by atoms with van der Waals surface area (Å²) in [6.07, 6.45) is 2.66. The van der Waals surface area contributed by atoms with Gasteiger partial charge in [0.25, 0.3) is 5.78 Å². The fraction of sp³-hybridized carbons (Fsp3) is 0.190. The fourth-order valence-corrected chi connectivity index (χ4v) is 4.15. The Hall–Kier alpha value is -2.58. The molecule has 2 aromatic carbocycles. The van der Waals surface area contributed by atoms with Crippen molar-refractivity contribution in [3.8, 4) is 22.8 Å². The van der Waals surface area contributed by atoms with Crippen molar-refractivity contribution in [3.05, 3.63) is 64.8 Å². The van der Waals surface area contributed by atoms with Crippen LogP contribution >= 0.6 is 27.7 Å². The van der Waals surface area contributed by atoms with Crippen LogP contribution in [0.2, 0.25) is 0 Å². The third kappa shape index (κ3) is 3.95. The number of nitrogens with zero attached hydrogens (tertiary/aromatic N) is 4. The third-order valence-corrected chi connectivity index (χ3v) is 5.98. The van der Waals surface area contributed by atoms with Gasteiger partial charge in [0.1, 0.15) is 0 Å². The van der Waals surface area contributed by atoms with Gasteiger partial charge < -0.3 is 9.47 Å². The lowest BCUT2D eigenvalue weighted by Gasteiger charge is -2.08. The van der Waals surface area contributed by atoms with Gasteiger partial charge in [-0.3, -0.25) is 0 Å². The summed E-state index contributed by atoms with van der Waals surface area (Å²) in [5.74, 6) is 2.95. The number of rotatable bonds is 4. The third-order valence-electron chi connectivity index (χ3n) is 4.54. The molecule has 2 aromatic heterocycles. The zero-order chi connectivity index (χ0) is 19.6. The number of aromatic nitrogens is 4. The van der Waals surface area contributed by atoms with Crippen LogP contribution in [-0.2, 0) is 5.75 Å². The standard InChI is InChI=1S/C21H17BrN4O2S/c22-16-5-3-15(4-6-16)17-8-9-23-20-24-21(25-26(17)20)29-13-14-2-7-18-19(12-14)28-11-1-10-27-18/h2-9,12H,1,10-11,13H2. The molecule has 0 saturated carbocycles. The molecule has 4 aromatic rings. The zero-order valence-corrected chi connectivity index (χ0v) is 17.8. The molecule has 0 saturated heterocycles. The molecular formula is C21H17BrN4O2S. The van der Waals surface area contributed by atoms with E-state index in [1.165, 1.54) is 0 Å². The SMILES string of the molecule is Brc1ccc(-c2ccnc3nc(SCc4ccc5c(c4)OCCCO5)nn23)cc1. The lowest BCUT2D eigenvalue weighted by molar-refractivity contribution is 0.297. The van der Waals surface area contributed by atoms with Crippen molar-refractivity contribution in [3.63, 3.8) is 0 Å². The van der Waals surface area contributed by atoms with Gasteiger partial charge in [0.05, 0.1) is 18.9 Å². The average Bonchev–Trinajstić information content (AvgIpc) is 3.02. The molecule has 0 amide bonds. The van der Waals surface area contributed by atoms with Crippen molar-refractivity contribution in [1.82, 2.24) is 19.6 Å². The Morgan fingerprint density at radius 2 is 1.83 bits per heavy atom. The molecule has 1 aliphatic heterocycles. The van der Waals surface area contributed by atoms with Crippen LogP contribution in [0.25, 0.3) is 17.0 Å². The van der Waals surface area contributed by atoms with Crippen molar-refractivity contribution in [2.45, 2.75) is 17.3 Å². The Bertz CT molecular complexity index is 1160. The summed E-state index contributed by atoms with van der Waals surface area (Å²) in [5.41, 5.74) is 3.15. The van der Waals surface area contributed by atoms with E-state index >= 15 is 0 Å². The molecule has 0 bridgehead atoms. The number of benzene rings is 2. The summed E-state index contributed by atoms with van der Waals surface area (Å²) in [7, 11) is 0. The lowest BCUT2D eigenvalue weighted by atomic mass is 10.1. The molecule has 0 radical (unpaired) electrons. The smallest absolute Gasteiger partial charge is 0.253 e. The van der Waals surface area contributed by atoms with Crippen LogP contribution in [0.3, 0.4) is 0 Å². The number of halogens is 1. The second-order valence-electron chi connectivity index (χ2n) is 6.56. The maximum atomic E-state index is 5.78. The largest absolute Gasteiger partial charge is 0.490 e. The quantitative estimate of drug-likeness (QED) is 0.392. The topological polar surface area (TPSA) is 61.5 Å². The van der Waals surface area contributed by atoms with Gasteiger partial charge in [-0.2, -0.15) is 9.50 Å². The van der Waals surface area contributed by atoms with Crippen LogP contribution in [-0.4, -0.2) is 32.8 Å². The molecule has 3 heterocycles. The fourth-order valence-electron chi connectivity index (χ4n) is 3.12. The van der Waals surface area contributed by atoms with Crippen LogP contribution in [0.5, 0.6) is 11.5 Å². The molecule has 0 spiro atoms. The van der Waals surface area contributed by atoms with Crippen LogP contribution in [0.4, 0.5) is 0 Å². The minimum absolute atomic E-state index is 0.589. The molecule has 0 atom stereocenters. The Kier molecular flexibility index (Phi) is 5.12. The molecule has 29 heavy (non-hydrogen) atoms. The maximum Gasteiger partial charge on any atom is 0.253 e. The van der Waals surface area contributed by atoms with Crippen molar-refractivity contribution < 1.29 is 9.47 Å². The minimum atomic E-state index is 0.589. The van der Waals surface area contributed by atoms with Gasteiger partial charge in [0.2, 0.25) is 5.16 Å². The van der Waals surface area contributed by atoms with Gasteiger partial charge in [0, 0.05) is 28.4 Å². The summed E-state index contributed by atoms with van der Waals surface area (Å²) >= 11 is 5.05. The number of ether oxygens (including phenoxy) is 2. The van der Waals surface area contributed by atoms with E-state index in [4.69, 9.17) is 9.47 Å². The average molecular weight is 469 g/mol. The van der Waals surface area contributed by atoms with E-state index in [2.05, 4.69) is 37.1 Å². The van der Waals surface area contributed by atoms with Crippen LogP contribution in [0.1, 0.15) is 12.0 Å². The van der Waals surface area contributed by atoms with Crippen LogP contribution < -0.4 is 9.47 Å². The van der Waals surface area contributed by atoms with E-state index < -0.39 is 0 Å². The lowest BCUT2D eigenvalue weighted by Crippen LogP contribution is -1.97. The first-order chi connectivity index (χ1) is 14.3.